The van der Waals surface area contributed by atoms with Crippen LogP contribution < -0.4 is 5.32 Å². The Hall–Kier alpha value is -2.38. The third-order valence-electron chi connectivity index (χ3n) is 5.38. The van der Waals surface area contributed by atoms with Crippen LogP contribution in [0.2, 0.25) is 10.0 Å². The number of nitrogens with one attached hydrogen (secondary N) is 1. The summed E-state index contributed by atoms with van der Waals surface area (Å²) in [6.45, 7) is 3.64. The molecule has 34 heavy (non-hydrogen) atoms. The molecule has 0 unspecified atom stereocenters. The quantitative estimate of drug-likeness (QED) is 0.334. The number of halogens is 2. The summed E-state index contributed by atoms with van der Waals surface area (Å²) in [5.41, 5.74) is 3.38. The molecule has 0 aliphatic carbocycles. The van der Waals surface area contributed by atoms with Gasteiger partial charge in [0, 0.05) is 12.2 Å². The number of hydrogen-bond acceptors (Lipinski definition) is 3. The van der Waals surface area contributed by atoms with Crippen molar-refractivity contribution in [3.8, 4) is 0 Å². The van der Waals surface area contributed by atoms with Crippen LogP contribution in [0.4, 0.5) is 5.69 Å². The lowest BCUT2D eigenvalue weighted by Gasteiger charge is -2.22. The molecule has 3 aromatic carbocycles. The fraction of sp³-hybridized carbons (Fsp3) is 0.269. The first-order chi connectivity index (χ1) is 16.2. The zero-order valence-electron chi connectivity index (χ0n) is 19.2. The van der Waals surface area contributed by atoms with Crippen molar-refractivity contribution in [3.63, 3.8) is 0 Å². The molecule has 0 aromatic heterocycles. The van der Waals surface area contributed by atoms with Crippen LogP contribution in [0, 0.1) is 6.92 Å². The molecule has 5 nitrogen and oxygen atoms in total. The molecule has 3 aromatic rings. The van der Waals surface area contributed by atoms with E-state index in [0.29, 0.717) is 21.3 Å². The van der Waals surface area contributed by atoms with E-state index in [1.165, 1.54) is 5.56 Å². The van der Waals surface area contributed by atoms with E-state index >= 15 is 0 Å². The molecular formula is C26H28Cl2N2O3S. The van der Waals surface area contributed by atoms with E-state index in [2.05, 4.69) is 12.2 Å². The second-order valence-electron chi connectivity index (χ2n) is 8.18. The molecule has 0 aliphatic heterocycles. The van der Waals surface area contributed by atoms with Gasteiger partial charge in [-0.3, -0.25) is 4.79 Å². The van der Waals surface area contributed by atoms with Crippen LogP contribution in [0.1, 0.15) is 36.5 Å². The average Bonchev–Trinajstić information content (AvgIpc) is 2.81. The van der Waals surface area contributed by atoms with E-state index in [-0.39, 0.29) is 18.0 Å². The van der Waals surface area contributed by atoms with Gasteiger partial charge < -0.3 is 5.32 Å². The largest absolute Gasteiger partial charge is 0.325 e. The lowest BCUT2D eigenvalue weighted by molar-refractivity contribution is -0.116. The Bertz CT molecular complexity index is 1230. The first kappa shape index (κ1) is 26.2. The van der Waals surface area contributed by atoms with E-state index in [4.69, 9.17) is 23.2 Å². The van der Waals surface area contributed by atoms with Gasteiger partial charge in [0.05, 0.1) is 21.5 Å². The number of carbonyl (C=O) groups excluding carboxylic acids is 1. The minimum Gasteiger partial charge on any atom is -0.325 e. The van der Waals surface area contributed by atoms with Crippen molar-refractivity contribution in [2.24, 2.45) is 0 Å². The van der Waals surface area contributed by atoms with Crippen molar-refractivity contribution in [1.82, 2.24) is 4.31 Å². The number of anilines is 1. The summed E-state index contributed by atoms with van der Waals surface area (Å²) in [4.78, 5) is 13.0. The molecular weight excluding hydrogens is 491 g/mol. The number of unbranched alkanes of at least 4 members (excludes halogenated alkanes) is 1. The number of nitrogens with zero attached hydrogens (tertiary/aromatic N) is 1. The number of aryl methyl sites for hydroxylation is 2. The lowest BCUT2D eigenvalue weighted by Crippen LogP contribution is -2.37. The van der Waals surface area contributed by atoms with Crippen molar-refractivity contribution in [3.05, 3.63) is 93.5 Å². The molecule has 0 aliphatic rings. The first-order valence-electron chi connectivity index (χ1n) is 11.1. The van der Waals surface area contributed by atoms with Gasteiger partial charge in [0.1, 0.15) is 0 Å². The topological polar surface area (TPSA) is 66.5 Å². The number of hydrogen-bond donors (Lipinski definition) is 1. The SMILES string of the molecule is CCCCc1ccc(NC(=O)CN(Cc2ccc(Cl)c(Cl)c2)S(=O)(=O)c2ccc(C)cc2)cc1. The highest BCUT2D eigenvalue weighted by Crippen LogP contribution is 2.25. The molecule has 1 N–H and O–H groups in total. The van der Waals surface area contributed by atoms with Crippen LogP contribution in [-0.4, -0.2) is 25.2 Å². The summed E-state index contributed by atoms with van der Waals surface area (Å²) >= 11 is 12.1. The van der Waals surface area contributed by atoms with Crippen molar-refractivity contribution in [2.75, 3.05) is 11.9 Å². The third-order valence-corrected chi connectivity index (χ3v) is 7.92. The van der Waals surface area contributed by atoms with Gasteiger partial charge in [-0.1, -0.05) is 72.4 Å². The summed E-state index contributed by atoms with van der Waals surface area (Å²) in [5, 5.41) is 3.49. The molecule has 8 heteroatoms. The second-order valence-corrected chi connectivity index (χ2v) is 10.9. The van der Waals surface area contributed by atoms with E-state index in [0.717, 1.165) is 29.1 Å². The van der Waals surface area contributed by atoms with Crippen molar-refractivity contribution in [1.29, 1.82) is 0 Å². The predicted molar refractivity (Wildman–Crippen MR) is 139 cm³/mol. The van der Waals surface area contributed by atoms with E-state index in [1.54, 1.807) is 42.5 Å². The fourth-order valence-corrected chi connectivity index (χ4v) is 5.13. The molecule has 0 fully saturated rings. The van der Waals surface area contributed by atoms with Crippen molar-refractivity contribution < 1.29 is 13.2 Å². The normalized spacial score (nSPS) is 11.6. The number of sulfonamides is 1. The third kappa shape index (κ3) is 7.06. The van der Waals surface area contributed by atoms with Gasteiger partial charge >= 0.3 is 0 Å². The van der Waals surface area contributed by atoms with Gasteiger partial charge in [-0.15, -0.1) is 0 Å². The zero-order chi connectivity index (χ0) is 24.7. The molecule has 0 bridgehead atoms. The summed E-state index contributed by atoms with van der Waals surface area (Å²) in [7, 11) is -3.95. The monoisotopic (exact) mass is 518 g/mol. The van der Waals surface area contributed by atoms with E-state index in [9.17, 15) is 13.2 Å². The number of carbonyl (C=O) groups is 1. The molecule has 3 rings (SSSR count). The van der Waals surface area contributed by atoms with Crippen LogP contribution in [0.25, 0.3) is 0 Å². The van der Waals surface area contributed by atoms with Crippen molar-refractivity contribution >= 4 is 44.8 Å². The number of benzene rings is 3. The Morgan fingerprint density at radius 1 is 0.912 bits per heavy atom. The summed E-state index contributed by atoms with van der Waals surface area (Å²) < 4.78 is 28.0. The molecule has 0 saturated heterocycles. The van der Waals surface area contributed by atoms with E-state index in [1.807, 2.05) is 31.2 Å². The highest BCUT2D eigenvalue weighted by atomic mass is 35.5. The molecule has 0 atom stereocenters. The number of rotatable bonds is 10. The Kier molecular flexibility index (Phi) is 9.14. The predicted octanol–water partition coefficient (Wildman–Crippen LogP) is 6.47. The van der Waals surface area contributed by atoms with Gasteiger partial charge in [-0.05, 0) is 67.3 Å². The summed E-state index contributed by atoms with van der Waals surface area (Å²) in [6.07, 6.45) is 3.20. The van der Waals surface area contributed by atoms with Gasteiger partial charge in [0.25, 0.3) is 0 Å². The maximum absolute atomic E-state index is 13.4. The maximum atomic E-state index is 13.4. The standard InChI is InChI=1S/C26H28Cl2N2O3S/c1-3-4-5-20-8-11-22(12-9-20)29-26(31)18-30(17-21-10-15-24(27)25(28)16-21)34(32,33)23-13-6-19(2)7-14-23/h6-16H,3-5,17-18H2,1-2H3,(H,29,31). The lowest BCUT2D eigenvalue weighted by atomic mass is 10.1. The van der Waals surface area contributed by atoms with Crippen LogP contribution in [0.15, 0.2) is 71.6 Å². The minimum absolute atomic E-state index is 0.0313. The van der Waals surface area contributed by atoms with Gasteiger partial charge in [-0.2, -0.15) is 4.31 Å². The minimum atomic E-state index is -3.95. The highest BCUT2D eigenvalue weighted by Gasteiger charge is 2.27. The van der Waals surface area contributed by atoms with Crippen LogP contribution in [0.5, 0.6) is 0 Å². The van der Waals surface area contributed by atoms with Gasteiger partial charge in [0.15, 0.2) is 0 Å². The smallest absolute Gasteiger partial charge is 0.243 e. The van der Waals surface area contributed by atoms with Crippen LogP contribution in [-0.2, 0) is 27.8 Å². The van der Waals surface area contributed by atoms with Gasteiger partial charge in [-0.25, -0.2) is 8.42 Å². The average molecular weight is 519 g/mol. The fourth-order valence-electron chi connectivity index (χ4n) is 3.42. The Morgan fingerprint density at radius 3 is 2.18 bits per heavy atom. The Balaban J connectivity index is 1.81. The summed E-state index contributed by atoms with van der Waals surface area (Å²) in [5.74, 6) is -0.433. The summed E-state index contributed by atoms with van der Waals surface area (Å²) in [6, 6.07) is 19.1. The first-order valence-corrected chi connectivity index (χ1v) is 13.3. The maximum Gasteiger partial charge on any atom is 0.243 e. The molecule has 0 heterocycles. The molecule has 0 spiro atoms. The highest BCUT2D eigenvalue weighted by molar-refractivity contribution is 7.89. The Morgan fingerprint density at radius 2 is 1.56 bits per heavy atom. The molecule has 0 saturated carbocycles. The Labute approximate surface area is 211 Å². The molecule has 1 amide bonds. The molecule has 0 radical (unpaired) electrons. The number of amides is 1. The van der Waals surface area contributed by atoms with E-state index < -0.39 is 15.9 Å². The van der Waals surface area contributed by atoms with Crippen molar-refractivity contribution in [2.45, 2.75) is 44.6 Å². The molecule has 180 valence electrons. The second kappa shape index (κ2) is 11.8. The van der Waals surface area contributed by atoms with Crippen LogP contribution >= 0.6 is 23.2 Å². The van der Waals surface area contributed by atoms with Gasteiger partial charge in [0.2, 0.25) is 15.9 Å². The zero-order valence-corrected chi connectivity index (χ0v) is 21.6. The van der Waals surface area contributed by atoms with Crippen LogP contribution in [0.3, 0.4) is 0 Å².